The van der Waals surface area contributed by atoms with Crippen LogP contribution in [0.2, 0.25) is 32.7 Å². The second-order valence-corrected chi connectivity index (χ2v) is 17.6. The molecule has 1 aromatic rings. The van der Waals surface area contributed by atoms with Crippen LogP contribution >= 0.6 is 0 Å². The largest absolute Gasteiger partial charge is 0.491 e. The molecule has 0 unspecified atom stereocenters. The molecule has 3 aliphatic rings. The second-order valence-electron chi connectivity index (χ2n) is 8.75. The van der Waals surface area contributed by atoms with E-state index in [-0.39, 0.29) is 0 Å². The molecule has 0 radical (unpaired) electrons. The van der Waals surface area contributed by atoms with Gasteiger partial charge in [-0.25, -0.2) is 0 Å². The lowest BCUT2D eigenvalue weighted by Crippen LogP contribution is -2.27. The van der Waals surface area contributed by atoms with Crippen LogP contribution in [0.5, 0.6) is 0 Å². The van der Waals surface area contributed by atoms with Crippen molar-refractivity contribution in [3.63, 3.8) is 0 Å². The highest BCUT2D eigenvalue weighted by atomic mass is 28.4. The van der Waals surface area contributed by atoms with E-state index in [4.69, 9.17) is 9.16 Å². The smallest absolute Gasteiger partial charge is 0.183 e. The summed E-state index contributed by atoms with van der Waals surface area (Å²) in [5, 5.41) is 3.49. The summed E-state index contributed by atoms with van der Waals surface area (Å²) in [7, 11) is -2.64. The SMILES string of the molecule is C[Si](C)(C)OCCOC1=C(c2cccc3c2C2=C(C3)[Si]2(C)C)CC=C1. The summed E-state index contributed by atoms with van der Waals surface area (Å²) < 4.78 is 12.0. The van der Waals surface area contributed by atoms with Gasteiger partial charge in [-0.3, -0.25) is 0 Å². The molecular formula is C21H28O2Si2. The van der Waals surface area contributed by atoms with Gasteiger partial charge in [-0.2, -0.15) is 0 Å². The molecule has 0 N–H and O–H groups in total. The minimum atomic E-state index is -1.46. The monoisotopic (exact) mass is 368 g/mol. The highest BCUT2D eigenvalue weighted by Gasteiger charge is 2.52. The third-order valence-electron chi connectivity index (χ3n) is 5.48. The lowest BCUT2D eigenvalue weighted by molar-refractivity contribution is 0.162. The maximum Gasteiger partial charge on any atom is 0.183 e. The first-order valence-corrected chi connectivity index (χ1v) is 15.7. The van der Waals surface area contributed by atoms with E-state index in [9.17, 15) is 0 Å². The van der Waals surface area contributed by atoms with Crippen molar-refractivity contribution in [2.45, 2.75) is 45.6 Å². The lowest BCUT2D eigenvalue weighted by atomic mass is 9.96. The molecule has 0 fully saturated rings. The molecule has 0 atom stereocenters. The van der Waals surface area contributed by atoms with Crippen molar-refractivity contribution in [1.29, 1.82) is 0 Å². The zero-order valence-electron chi connectivity index (χ0n) is 16.0. The summed E-state index contributed by atoms with van der Waals surface area (Å²) in [6.07, 6.45) is 6.54. The summed E-state index contributed by atoms with van der Waals surface area (Å²) in [4.78, 5) is 0. The van der Waals surface area contributed by atoms with Gasteiger partial charge in [0.2, 0.25) is 0 Å². The van der Waals surface area contributed by atoms with Crippen LogP contribution < -0.4 is 0 Å². The Labute approximate surface area is 153 Å². The molecule has 2 aliphatic carbocycles. The normalized spacial score (nSPS) is 20.2. The van der Waals surface area contributed by atoms with Crippen molar-refractivity contribution in [3.8, 4) is 0 Å². The molecule has 0 saturated heterocycles. The standard InChI is InChI=1S/C21H28O2Si2/c1-24(2,3)23-13-12-22-18-11-7-9-16(18)17-10-6-8-15-14-19-21(20(15)17)25(19,4)5/h6-8,10-11H,9,12-14H2,1-5H3. The van der Waals surface area contributed by atoms with Crippen LogP contribution in [0.1, 0.15) is 23.1 Å². The summed E-state index contributed by atoms with van der Waals surface area (Å²) in [5.74, 6) is 1.04. The van der Waals surface area contributed by atoms with E-state index in [1.165, 1.54) is 23.1 Å². The lowest BCUT2D eigenvalue weighted by Gasteiger charge is -2.19. The second kappa shape index (κ2) is 5.83. The number of rotatable bonds is 6. The number of ether oxygens (including phenoxy) is 1. The number of allylic oxidation sites excluding steroid dienone is 4. The average Bonchev–Trinajstić information content (AvgIpc) is 2.95. The Morgan fingerprint density at radius 2 is 1.92 bits per heavy atom. The maximum atomic E-state index is 6.11. The van der Waals surface area contributed by atoms with Gasteiger partial charge in [0.15, 0.2) is 8.32 Å². The number of fused-ring (bicyclic) bond motifs is 2. The molecule has 1 aliphatic heterocycles. The Kier molecular flexibility index (Phi) is 3.98. The summed E-state index contributed by atoms with van der Waals surface area (Å²) in [5.41, 5.74) is 5.84. The Bertz CT molecular complexity index is 823. The van der Waals surface area contributed by atoms with Crippen LogP contribution in [0.25, 0.3) is 10.8 Å². The predicted octanol–water partition coefficient (Wildman–Crippen LogP) is 5.34. The van der Waals surface area contributed by atoms with Gasteiger partial charge in [0, 0.05) is 5.57 Å². The molecule has 2 nitrogen and oxygen atoms in total. The van der Waals surface area contributed by atoms with Crippen molar-refractivity contribution in [2.24, 2.45) is 0 Å². The highest BCUT2D eigenvalue weighted by Crippen LogP contribution is 2.58. The Hall–Kier alpha value is -1.37. The van der Waals surface area contributed by atoms with Crippen LogP contribution in [-0.4, -0.2) is 29.6 Å². The summed E-state index contributed by atoms with van der Waals surface area (Å²) in [6, 6.07) is 6.81. The van der Waals surface area contributed by atoms with Gasteiger partial charge in [0.25, 0.3) is 0 Å². The van der Waals surface area contributed by atoms with Crippen LogP contribution in [0.3, 0.4) is 0 Å². The van der Waals surface area contributed by atoms with E-state index in [0.29, 0.717) is 13.2 Å². The Balaban J connectivity index is 1.56. The van der Waals surface area contributed by atoms with Crippen molar-refractivity contribution >= 4 is 27.2 Å². The van der Waals surface area contributed by atoms with Gasteiger partial charge < -0.3 is 9.16 Å². The molecule has 0 amide bonds. The Morgan fingerprint density at radius 3 is 2.68 bits per heavy atom. The molecule has 132 valence electrons. The van der Waals surface area contributed by atoms with E-state index in [1.807, 2.05) is 0 Å². The number of hydrogen-bond acceptors (Lipinski definition) is 2. The topological polar surface area (TPSA) is 18.5 Å². The fourth-order valence-corrected chi connectivity index (χ4v) is 8.47. The zero-order chi connectivity index (χ0) is 17.8. The quantitative estimate of drug-likeness (QED) is 0.499. The van der Waals surface area contributed by atoms with Crippen molar-refractivity contribution in [2.75, 3.05) is 13.2 Å². The fourth-order valence-electron chi connectivity index (χ4n) is 4.17. The Morgan fingerprint density at radius 1 is 1.12 bits per heavy atom. The maximum absolute atomic E-state index is 6.11. The molecule has 4 heteroatoms. The molecule has 0 bridgehead atoms. The van der Waals surface area contributed by atoms with Crippen LogP contribution in [0.4, 0.5) is 0 Å². The molecule has 1 aromatic carbocycles. The first-order chi connectivity index (χ1) is 11.8. The molecular weight excluding hydrogens is 340 g/mol. The van der Waals surface area contributed by atoms with E-state index in [1.54, 1.807) is 16.0 Å². The average molecular weight is 369 g/mol. The summed E-state index contributed by atoms with van der Waals surface area (Å²) >= 11 is 0. The molecule has 0 aromatic heterocycles. The molecule has 1 heterocycles. The molecule has 0 spiro atoms. The highest BCUT2D eigenvalue weighted by molar-refractivity contribution is 7.13. The van der Waals surface area contributed by atoms with Gasteiger partial charge in [0.1, 0.15) is 20.4 Å². The van der Waals surface area contributed by atoms with Gasteiger partial charge in [-0.1, -0.05) is 47.8 Å². The molecule has 4 rings (SSSR count). The van der Waals surface area contributed by atoms with E-state index >= 15 is 0 Å². The minimum absolute atomic E-state index is 0.636. The summed E-state index contributed by atoms with van der Waals surface area (Å²) in [6.45, 7) is 12.9. The predicted molar refractivity (Wildman–Crippen MR) is 110 cm³/mol. The van der Waals surface area contributed by atoms with Crippen molar-refractivity contribution in [1.82, 2.24) is 0 Å². The van der Waals surface area contributed by atoms with Crippen LogP contribution in [0, 0.1) is 0 Å². The third kappa shape index (κ3) is 3.00. The van der Waals surface area contributed by atoms with Gasteiger partial charge >= 0.3 is 0 Å². The number of hydrogen-bond donors (Lipinski definition) is 0. The molecule has 25 heavy (non-hydrogen) atoms. The number of benzene rings is 1. The third-order valence-corrected chi connectivity index (χ3v) is 10.0. The van der Waals surface area contributed by atoms with Crippen LogP contribution in [0.15, 0.2) is 41.3 Å². The van der Waals surface area contributed by atoms with E-state index < -0.39 is 16.4 Å². The first kappa shape index (κ1) is 17.1. The van der Waals surface area contributed by atoms with Gasteiger partial charge in [-0.05, 0) is 55.2 Å². The first-order valence-electron chi connectivity index (χ1n) is 9.32. The zero-order valence-corrected chi connectivity index (χ0v) is 18.0. The molecule has 0 saturated carbocycles. The van der Waals surface area contributed by atoms with Crippen molar-refractivity contribution in [3.05, 3.63) is 58.0 Å². The van der Waals surface area contributed by atoms with E-state index in [0.717, 1.165) is 12.2 Å². The van der Waals surface area contributed by atoms with Gasteiger partial charge in [-0.15, -0.1) is 0 Å². The van der Waals surface area contributed by atoms with Gasteiger partial charge in [0.05, 0.1) is 6.61 Å². The van der Waals surface area contributed by atoms with Crippen LogP contribution in [-0.2, 0) is 15.6 Å². The minimum Gasteiger partial charge on any atom is -0.491 e. The fraction of sp³-hybridized carbons (Fsp3) is 0.429. The van der Waals surface area contributed by atoms with E-state index in [2.05, 4.69) is 63.1 Å². The van der Waals surface area contributed by atoms with Crippen molar-refractivity contribution < 1.29 is 9.16 Å².